The molecule has 20 heavy (non-hydrogen) atoms. The summed E-state index contributed by atoms with van der Waals surface area (Å²) in [7, 11) is 0. The number of hydrogen-bond donors (Lipinski definition) is 3. The maximum atomic E-state index is 11.2. The molecule has 0 atom stereocenters. The molecular weight excluding hydrogens is 258 g/mol. The lowest BCUT2D eigenvalue weighted by atomic mass is 10.1. The monoisotopic (exact) mass is 271 g/mol. The Hall–Kier alpha value is -2.82. The summed E-state index contributed by atoms with van der Waals surface area (Å²) in [4.78, 5) is 22.4. The van der Waals surface area contributed by atoms with Crippen LogP contribution in [0.4, 0.5) is 11.4 Å². The lowest BCUT2D eigenvalue weighted by Gasteiger charge is -2.12. The second kappa shape index (κ2) is 5.44. The van der Waals surface area contributed by atoms with E-state index in [1.54, 1.807) is 37.3 Å². The van der Waals surface area contributed by atoms with E-state index < -0.39 is 11.9 Å². The third kappa shape index (κ3) is 2.77. The lowest BCUT2D eigenvalue weighted by molar-refractivity contribution is 0.0688. The van der Waals surface area contributed by atoms with Crippen LogP contribution in [-0.2, 0) is 0 Å². The fourth-order valence-electron chi connectivity index (χ4n) is 1.87. The molecule has 2 rings (SSSR count). The molecule has 2 aromatic rings. The Labute approximate surface area is 115 Å². The average molecular weight is 271 g/mol. The van der Waals surface area contributed by atoms with Crippen LogP contribution in [-0.4, -0.2) is 22.2 Å². The van der Waals surface area contributed by atoms with Crippen molar-refractivity contribution >= 4 is 23.3 Å². The zero-order chi connectivity index (χ0) is 14.7. The molecule has 0 aliphatic carbocycles. The molecule has 0 aromatic heterocycles. The number of para-hydroxylation sites is 1. The average Bonchev–Trinajstić information content (AvgIpc) is 2.41. The third-order valence-corrected chi connectivity index (χ3v) is 2.83. The maximum absolute atomic E-state index is 11.2. The van der Waals surface area contributed by atoms with Crippen LogP contribution < -0.4 is 5.32 Å². The smallest absolute Gasteiger partial charge is 0.337 e. The molecule has 0 aliphatic rings. The number of nitrogens with one attached hydrogen (secondary N) is 1. The van der Waals surface area contributed by atoms with Crippen molar-refractivity contribution in [1.82, 2.24) is 0 Å². The van der Waals surface area contributed by atoms with Crippen molar-refractivity contribution in [2.24, 2.45) is 0 Å². The van der Waals surface area contributed by atoms with Crippen LogP contribution >= 0.6 is 0 Å². The van der Waals surface area contributed by atoms with Gasteiger partial charge in [0.1, 0.15) is 0 Å². The second-order valence-electron chi connectivity index (χ2n) is 4.33. The van der Waals surface area contributed by atoms with E-state index in [1.807, 2.05) is 0 Å². The summed E-state index contributed by atoms with van der Waals surface area (Å²) in [5.74, 6) is -2.14. The second-order valence-corrected chi connectivity index (χ2v) is 4.33. The summed E-state index contributed by atoms with van der Waals surface area (Å²) in [5, 5.41) is 21.2. The Morgan fingerprint density at radius 1 is 0.900 bits per heavy atom. The van der Waals surface area contributed by atoms with Crippen molar-refractivity contribution in [3.05, 3.63) is 59.2 Å². The molecule has 0 aliphatic heterocycles. The normalized spacial score (nSPS) is 10.1. The van der Waals surface area contributed by atoms with Gasteiger partial charge in [-0.05, 0) is 31.2 Å². The topological polar surface area (TPSA) is 86.6 Å². The first-order chi connectivity index (χ1) is 9.49. The molecule has 102 valence electrons. The van der Waals surface area contributed by atoms with Crippen LogP contribution in [0.5, 0.6) is 0 Å². The molecule has 5 heteroatoms. The number of hydrogen-bond acceptors (Lipinski definition) is 3. The van der Waals surface area contributed by atoms with Crippen molar-refractivity contribution in [3.63, 3.8) is 0 Å². The van der Waals surface area contributed by atoms with Gasteiger partial charge in [-0.3, -0.25) is 0 Å². The van der Waals surface area contributed by atoms with E-state index in [1.165, 1.54) is 12.1 Å². The van der Waals surface area contributed by atoms with Crippen LogP contribution in [0.3, 0.4) is 0 Å². The van der Waals surface area contributed by atoms with E-state index in [0.717, 1.165) is 5.56 Å². The minimum Gasteiger partial charge on any atom is -0.478 e. The Balaban J connectivity index is 2.45. The highest BCUT2D eigenvalue weighted by atomic mass is 16.4. The Bertz CT molecular complexity index is 679. The van der Waals surface area contributed by atoms with Crippen LogP contribution in [0.1, 0.15) is 26.3 Å². The predicted molar refractivity (Wildman–Crippen MR) is 74.8 cm³/mol. The number of aryl methyl sites for hydroxylation is 1. The van der Waals surface area contributed by atoms with E-state index in [-0.39, 0.29) is 11.1 Å². The first kappa shape index (κ1) is 13.6. The van der Waals surface area contributed by atoms with Gasteiger partial charge in [0.15, 0.2) is 0 Å². The Kier molecular flexibility index (Phi) is 3.70. The molecule has 0 unspecified atom stereocenters. The van der Waals surface area contributed by atoms with Crippen molar-refractivity contribution < 1.29 is 19.8 Å². The van der Waals surface area contributed by atoms with Gasteiger partial charge < -0.3 is 15.5 Å². The van der Waals surface area contributed by atoms with Gasteiger partial charge in [0, 0.05) is 0 Å². The zero-order valence-corrected chi connectivity index (χ0v) is 10.8. The summed E-state index contributed by atoms with van der Waals surface area (Å²) in [6.45, 7) is 1.79. The van der Waals surface area contributed by atoms with Gasteiger partial charge in [0.25, 0.3) is 0 Å². The van der Waals surface area contributed by atoms with E-state index in [9.17, 15) is 14.7 Å². The Morgan fingerprint density at radius 3 is 2.15 bits per heavy atom. The Morgan fingerprint density at radius 2 is 1.50 bits per heavy atom. The molecule has 0 fully saturated rings. The number of anilines is 2. The molecule has 0 spiro atoms. The van der Waals surface area contributed by atoms with E-state index in [0.29, 0.717) is 11.4 Å². The molecule has 0 bridgehead atoms. The summed E-state index contributed by atoms with van der Waals surface area (Å²) >= 11 is 0. The van der Waals surface area contributed by atoms with Gasteiger partial charge in [-0.2, -0.15) is 0 Å². The molecule has 0 heterocycles. The number of aromatic carboxylic acids is 2. The summed E-state index contributed by atoms with van der Waals surface area (Å²) in [6, 6.07) is 11.3. The molecule has 0 saturated carbocycles. The van der Waals surface area contributed by atoms with Crippen molar-refractivity contribution in [1.29, 1.82) is 0 Å². The summed E-state index contributed by atoms with van der Waals surface area (Å²) < 4.78 is 0. The van der Waals surface area contributed by atoms with Crippen LogP contribution in [0, 0.1) is 6.92 Å². The number of carbonyl (C=O) groups is 2. The molecular formula is C15H13NO4. The van der Waals surface area contributed by atoms with Gasteiger partial charge >= 0.3 is 11.9 Å². The summed E-state index contributed by atoms with van der Waals surface area (Å²) in [6.07, 6.45) is 0. The molecule has 0 amide bonds. The largest absolute Gasteiger partial charge is 0.478 e. The number of benzene rings is 2. The van der Waals surface area contributed by atoms with Gasteiger partial charge in [0.2, 0.25) is 0 Å². The quantitative estimate of drug-likeness (QED) is 0.795. The number of carboxylic acids is 2. The number of rotatable bonds is 4. The van der Waals surface area contributed by atoms with E-state index in [4.69, 9.17) is 5.11 Å². The van der Waals surface area contributed by atoms with E-state index >= 15 is 0 Å². The first-order valence-corrected chi connectivity index (χ1v) is 5.92. The standard InChI is InChI=1S/C15H13NO4/c1-9-6-7-13(11(8-9)15(19)20)16-12-5-3-2-4-10(12)14(17)18/h2-8,16H,1H3,(H,17,18)(H,19,20). The molecule has 5 nitrogen and oxygen atoms in total. The highest BCUT2D eigenvalue weighted by Gasteiger charge is 2.14. The summed E-state index contributed by atoms with van der Waals surface area (Å²) in [5.41, 5.74) is 1.72. The fourth-order valence-corrected chi connectivity index (χ4v) is 1.87. The molecule has 0 saturated heterocycles. The van der Waals surface area contributed by atoms with Gasteiger partial charge in [-0.15, -0.1) is 0 Å². The van der Waals surface area contributed by atoms with Crippen LogP contribution in [0.25, 0.3) is 0 Å². The molecule has 2 aromatic carbocycles. The van der Waals surface area contributed by atoms with Crippen molar-refractivity contribution in [3.8, 4) is 0 Å². The van der Waals surface area contributed by atoms with Crippen LogP contribution in [0.2, 0.25) is 0 Å². The highest BCUT2D eigenvalue weighted by molar-refractivity contribution is 5.98. The highest BCUT2D eigenvalue weighted by Crippen LogP contribution is 2.24. The fraction of sp³-hybridized carbons (Fsp3) is 0.0667. The predicted octanol–water partition coefficient (Wildman–Crippen LogP) is 3.14. The SMILES string of the molecule is Cc1ccc(Nc2ccccc2C(=O)O)c(C(=O)O)c1. The first-order valence-electron chi connectivity index (χ1n) is 5.92. The molecule has 0 radical (unpaired) electrons. The maximum Gasteiger partial charge on any atom is 0.337 e. The lowest BCUT2D eigenvalue weighted by Crippen LogP contribution is -2.06. The minimum atomic E-state index is -1.07. The minimum absolute atomic E-state index is 0.0874. The molecule has 3 N–H and O–H groups in total. The zero-order valence-electron chi connectivity index (χ0n) is 10.8. The van der Waals surface area contributed by atoms with Crippen molar-refractivity contribution in [2.75, 3.05) is 5.32 Å². The van der Waals surface area contributed by atoms with E-state index in [2.05, 4.69) is 5.32 Å². The van der Waals surface area contributed by atoms with Crippen LogP contribution in [0.15, 0.2) is 42.5 Å². The van der Waals surface area contributed by atoms with Gasteiger partial charge in [0.05, 0.1) is 22.5 Å². The number of carboxylic acid groups (broad SMARTS) is 2. The van der Waals surface area contributed by atoms with Gasteiger partial charge in [-0.25, -0.2) is 9.59 Å². The third-order valence-electron chi connectivity index (χ3n) is 2.83. The van der Waals surface area contributed by atoms with Crippen molar-refractivity contribution in [2.45, 2.75) is 6.92 Å². The van der Waals surface area contributed by atoms with Gasteiger partial charge in [-0.1, -0.05) is 23.8 Å².